The molecule has 4 N–H and O–H groups in total. The summed E-state index contributed by atoms with van der Waals surface area (Å²) in [5.74, 6) is 0.000115. The van der Waals surface area contributed by atoms with Crippen LogP contribution in [0.4, 0.5) is 11.4 Å². The average molecular weight is 300 g/mol. The Morgan fingerprint density at radius 1 is 1.20 bits per heavy atom. The van der Waals surface area contributed by atoms with Crippen LogP contribution >= 0.6 is 12.4 Å². The van der Waals surface area contributed by atoms with Gasteiger partial charge in [0.25, 0.3) is 0 Å². The first-order chi connectivity index (χ1) is 8.88. The quantitative estimate of drug-likeness (QED) is 0.780. The van der Waals surface area contributed by atoms with Crippen molar-refractivity contribution in [2.45, 2.75) is 33.2 Å². The van der Waals surface area contributed by atoms with Crippen molar-refractivity contribution in [3.05, 3.63) is 24.3 Å². The second-order valence-electron chi connectivity index (χ2n) is 4.99. The zero-order valence-corrected chi connectivity index (χ0v) is 12.8. The van der Waals surface area contributed by atoms with Crippen LogP contribution in [0.15, 0.2) is 24.3 Å². The van der Waals surface area contributed by atoms with Gasteiger partial charge in [-0.1, -0.05) is 19.9 Å². The minimum atomic E-state index is -0.524. The van der Waals surface area contributed by atoms with Crippen molar-refractivity contribution in [2.24, 2.45) is 11.7 Å². The SMILES string of the molecule is CC(=O)Nc1cccc(NC(=O)[C@@H](N)CC(C)C)c1.Cl. The smallest absolute Gasteiger partial charge is 0.241 e. The molecule has 1 aromatic rings. The third-order valence-electron chi connectivity index (χ3n) is 2.51. The molecule has 0 aliphatic heterocycles. The maximum Gasteiger partial charge on any atom is 0.241 e. The van der Waals surface area contributed by atoms with Gasteiger partial charge in [-0.15, -0.1) is 12.4 Å². The molecule has 0 aromatic heterocycles. The van der Waals surface area contributed by atoms with Crippen molar-refractivity contribution in [1.82, 2.24) is 0 Å². The molecule has 6 heteroatoms. The number of hydrogen-bond acceptors (Lipinski definition) is 3. The Labute approximate surface area is 125 Å². The van der Waals surface area contributed by atoms with Gasteiger partial charge in [-0.2, -0.15) is 0 Å². The van der Waals surface area contributed by atoms with E-state index in [-0.39, 0.29) is 24.2 Å². The summed E-state index contributed by atoms with van der Waals surface area (Å²) in [6.07, 6.45) is 0.636. The van der Waals surface area contributed by atoms with E-state index in [4.69, 9.17) is 5.73 Å². The molecule has 20 heavy (non-hydrogen) atoms. The van der Waals surface area contributed by atoms with E-state index in [1.165, 1.54) is 6.92 Å². The summed E-state index contributed by atoms with van der Waals surface area (Å²) in [7, 11) is 0. The molecule has 1 rings (SSSR count). The lowest BCUT2D eigenvalue weighted by molar-refractivity contribution is -0.117. The first-order valence-electron chi connectivity index (χ1n) is 6.32. The summed E-state index contributed by atoms with van der Waals surface area (Å²) in [4.78, 5) is 22.8. The van der Waals surface area contributed by atoms with Gasteiger partial charge in [-0.25, -0.2) is 0 Å². The summed E-state index contributed by atoms with van der Waals surface area (Å²) in [5.41, 5.74) is 7.07. The van der Waals surface area contributed by atoms with Crippen molar-refractivity contribution >= 4 is 35.6 Å². The van der Waals surface area contributed by atoms with Crippen LogP contribution in [0, 0.1) is 5.92 Å². The molecule has 5 nitrogen and oxygen atoms in total. The predicted octanol–water partition coefficient (Wildman–Crippen LogP) is 2.38. The number of carbonyl (C=O) groups excluding carboxylic acids is 2. The molecule has 0 radical (unpaired) electrons. The fourth-order valence-electron chi connectivity index (χ4n) is 1.73. The van der Waals surface area contributed by atoms with Gasteiger partial charge in [0.05, 0.1) is 6.04 Å². The first-order valence-corrected chi connectivity index (χ1v) is 6.32. The molecule has 1 atom stereocenters. The Kier molecular flexibility index (Phi) is 7.87. The third-order valence-corrected chi connectivity index (χ3v) is 2.51. The van der Waals surface area contributed by atoms with E-state index < -0.39 is 6.04 Å². The van der Waals surface area contributed by atoms with Gasteiger partial charge in [0, 0.05) is 18.3 Å². The molecule has 0 fully saturated rings. The number of anilines is 2. The van der Waals surface area contributed by atoms with E-state index in [1.807, 2.05) is 13.8 Å². The summed E-state index contributed by atoms with van der Waals surface area (Å²) in [6.45, 7) is 5.47. The first kappa shape index (κ1) is 18.4. The highest BCUT2D eigenvalue weighted by molar-refractivity contribution is 5.96. The van der Waals surface area contributed by atoms with Crippen molar-refractivity contribution in [2.75, 3.05) is 10.6 Å². The van der Waals surface area contributed by atoms with E-state index in [2.05, 4.69) is 10.6 Å². The standard InChI is InChI=1S/C14H21N3O2.ClH/c1-9(2)7-13(15)14(19)17-12-6-4-5-11(8-12)16-10(3)18;/h4-6,8-9,13H,7,15H2,1-3H3,(H,16,18)(H,17,19);1H/t13-;/m0./s1. The molecule has 0 saturated heterocycles. The molecule has 1 aromatic carbocycles. The van der Waals surface area contributed by atoms with Gasteiger partial charge in [0.1, 0.15) is 0 Å². The van der Waals surface area contributed by atoms with Crippen LogP contribution in [0.3, 0.4) is 0 Å². The van der Waals surface area contributed by atoms with E-state index in [0.29, 0.717) is 23.7 Å². The zero-order chi connectivity index (χ0) is 14.4. The average Bonchev–Trinajstić information content (AvgIpc) is 2.27. The van der Waals surface area contributed by atoms with Gasteiger partial charge in [0.15, 0.2) is 0 Å². The largest absolute Gasteiger partial charge is 0.326 e. The fourth-order valence-corrected chi connectivity index (χ4v) is 1.73. The lowest BCUT2D eigenvalue weighted by Gasteiger charge is -2.14. The fraction of sp³-hybridized carbons (Fsp3) is 0.429. The molecule has 112 valence electrons. The number of carbonyl (C=O) groups is 2. The molecule has 0 bridgehead atoms. The minimum Gasteiger partial charge on any atom is -0.326 e. The van der Waals surface area contributed by atoms with E-state index in [1.54, 1.807) is 24.3 Å². The van der Waals surface area contributed by atoms with Crippen molar-refractivity contribution in [1.29, 1.82) is 0 Å². The number of nitrogens with two attached hydrogens (primary N) is 1. The van der Waals surface area contributed by atoms with Gasteiger partial charge < -0.3 is 16.4 Å². The zero-order valence-electron chi connectivity index (χ0n) is 12.0. The topological polar surface area (TPSA) is 84.2 Å². The second kappa shape index (κ2) is 8.55. The van der Waals surface area contributed by atoms with Crippen LogP contribution in [-0.4, -0.2) is 17.9 Å². The highest BCUT2D eigenvalue weighted by atomic mass is 35.5. The van der Waals surface area contributed by atoms with Crippen LogP contribution in [-0.2, 0) is 9.59 Å². The number of hydrogen-bond donors (Lipinski definition) is 3. The Morgan fingerprint density at radius 2 is 1.75 bits per heavy atom. The normalized spacial score (nSPS) is 11.4. The Morgan fingerprint density at radius 3 is 2.25 bits per heavy atom. The lowest BCUT2D eigenvalue weighted by Crippen LogP contribution is -2.36. The molecule has 0 spiro atoms. The van der Waals surface area contributed by atoms with Crippen LogP contribution < -0.4 is 16.4 Å². The summed E-state index contributed by atoms with van der Waals surface area (Å²) in [5, 5.41) is 5.40. The van der Waals surface area contributed by atoms with Crippen LogP contribution in [0.2, 0.25) is 0 Å². The van der Waals surface area contributed by atoms with Gasteiger partial charge in [-0.05, 0) is 30.5 Å². The van der Waals surface area contributed by atoms with Crippen LogP contribution in [0.1, 0.15) is 27.2 Å². The van der Waals surface area contributed by atoms with E-state index in [0.717, 1.165) is 0 Å². The number of rotatable bonds is 5. The number of benzene rings is 1. The summed E-state index contributed by atoms with van der Waals surface area (Å²) >= 11 is 0. The Balaban J connectivity index is 0.00000361. The molecule has 0 aliphatic carbocycles. The minimum absolute atomic E-state index is 0. The predicted molar refractivity (Wildman–Crippen MR) is 84.1 cm³/mol. The molecule has 0 heterocycles. The molecule has 0 saturated carbocycles. The monoisotopic (exact) mass is 299 g/mol. The Bertz CT molecular complexity index is 463. The number of halogens is 1. The summed E-state index contributed by atoms with van der Waals surface area (Å²) < 4.78 is 0. The molecule has 0 unspecified atom stereocenters. The maximum absolute atomic E-state index is 11.9. The van der Waals surface area contributed by atoms with Crippen LogP contribution in [0.5, 0.6) is 0 Å². The highest BCUT2D eigenvalue weighted by Gasteiger charge is 2.15. The van der Waals surface area contributed by atoms with Crippen molar-refractivity contribution in [3.63, 3.8) is 0 Å². The Hall–Kier alpha value is -1.59. The molecular formula is C14H22ClN3O2. The van der Waals surface area contributed by atoms with Gasteiger partial charge in [0.2, 0.25) is 11.8 Å². The molecular weight excluding hydrogens is 278 g/mol. The second-order valence-corrected chi connectivity index (χ2v) is 4.99. The highest BCUT2D eigenvalue weighted by Crippen LogP contribution is 2.15. The lowest BCUT2D eigenvalue weighted by atomic mass is 10.0. The van der Waals surface area contributed by atoms with E-state index >= 15 is 0 Å². The maximum atomic E-state index is 11.9. The number of amides is 2. The molecule has 2 amide bonds. The number of nitrogens with one attached hydrogen (secondary N) is 2. The molecule has 0 aliphatic rings. The van der Waals surface area contributed by atoms with Crippen LogP contribution in [0.25, 0.3) is 0 Å². The van der Waals surface area contributed by atoms with Crippen molar-refractivity contribution in [3.8, 4) is 0 Å². The van der Waals surface area contributed by atoms with Gasteiger partial charge >= 0.3 is 0 Å². The van der Waals surface area contributed by atoms with E-state index in [9.17, 15) is 9.59 Å². The summed E-state index contributed by atoms with van der Waals surface area (Å²) in [6, 6.07) is 6.44. The van der Waals surface area contributed by atoms with Gasteiger partial charge in [-0.3, -0.25) is 9.59 Å². The third kappa shape index (κ3) is 6.54. The van der Waals surface area contributed by atoms with Crippen molar-refractivity contribution < 1.29 is 9.59 Å².